The summed E-state index contributed by atoms with van der Waals surface area (Å²) in [6, 6.07) is 10.9. The van der Waals surface area contributed by atoms with E-state index in [1.165, 1.54) is 11.8 Å². The number of carbonyl (C=O) groups excluding carboxylic acids is 1. The Kier molecular flexibility index (Phi) is 5.99. The van der Waals surface area contributed by atoms with E-state index in [-0.39, 0.29) is 17.2 Å². The maximum Gasteiger partial charge on any atom is 0.250 e. The van der Waals surface area contributed by atoms with Crippen LogP contribution in [0.15, 0.2) is 41.2 Å². The van der Waals surface area contributed by atoms with E-state index in [0.29, 0.717) is 16.9 Å². The lowest BCUT2D eigenvalue weighted by atomic mass is 9.83. The van der Waals surface area contributed by atoms with Gasteiger partial charge in [0.1, 0.15) is 4.32 Å². The maximum absolute atomic E-state index is 12.4. The second kappa shape index (κ2) is 8.50. The van der Waals surface area contributed by atoms with Crippen molar-refractivity contribution in [1.82, 2.24) is 9.47 Å². The van der Waals surface area contributed by atoms with E-state index in [2.05, 4.69) is 10.2 Å². The number of anilines is 1. The first-order valence-corrected chi connectivity index (χ1v) is 11.4. The summed E-state index contributed by atoms with van der Waals surface area (Å²) in [7, 11) is 0. The Morgan fingerprint density at radius 1 is 1.28 bits per heavy atom. The fraction of sp³-hybridized carbons (Fsp3) is 0.381. The fourth-order valence-corrected chi connectivity index (χ4v) is 5.34. The van der Waals surface area contributed by atoms with Crippen molar-refractivity contribution in [2.24, 2.45) is 5.92 Å². The quantitative estimate of drug-likeness (QED) is 0.723. The van der Waals surface area contributed by atoms with Crippen molar-refractivity contribution in [3.63, 3.8) is 0 Å². The molecular weight excluding hydrogens is 426 g/mol. The molecule has 4 rings (SSSR count). The van der Waals surface area contributed by atoms with Gasteiger partial charge in [-0.15, -0.1) is 0 Å². The highest BCUT2D eigenvalue weighted by Gasteiger charge is 2.35. The van der Waals surface area contributed by atoms with Crippen LogP contribution in [0.4, 0.5) is 5.69 Å². The Morgan fingerprint density at radius 2 is 2.10 bits per heavy atom. The van der Waals surface area contributed by atoms with Gasteiger partial charge in [0.2, 0.25) is 5.91 Å². The molecular formula is C21H22ClN3O2S2. The van der Waals surface area contributed by atoms with Crippen LogP contribution >= 0.6 is 35.6 Å². The van der Waals surface area contributed by atoms with Crippen LogP contribution in [0, 0.1) is 12.8 Å². The number of aromatic nitrogens is 1. The van der Waals surface area contributed by atoms with Crippen LogP contribution < -0.4 is 10.9 Å². The van der Waals surface area contributed by atoms with E-state index < -0.39 is 0 Å². The van der Waals surface area contributed by atoms with Crippen LogP contribution in [0.1, 0.15) is 23.6 Å². The van der Waals surface area contributed by atoms with Crippen molar-refractivity contribution in [2.45, 2.75) is 25.8 Å². The number of nitrogens with one attached hydrogen (secondary N) is 1. The number of thioether (sulfide) groups is 1. The molecule has 0 radical (unpaired) electrons. The topological polar surface area (TPSA) is 54.3 Å². The highest BCUT2D eigenvalue weighted by atomic mass is 35.5. The minimum Gasteiger partial charge on any atom is -0.356 e. The Balaban J connectivity index is 1.36. The molecule has 152 valence electrons. The van der Waals surface area contributed by atoms with Gasteiger partial charge in [0.05, 0.1) is 5.75 Å². The molecule has 1 saturated heterocycles. The molecule has 2 aromatic rings. The number of pyridine rings is 1. The number of aryl methyl sites for hydroxylation is 1. The number of thiocarbonyl (C=S) groups is 1. The molecule has 8 heteroatoms. The first-order chi connectivity index (χ1) is 13.9. The number of fused-ring (bicyclic) bond motifs is 4. The van der Waals surface area contributed by atoms with Crippen LogP contribution in [0.2, 0.25) is 5.02 Å². The smallest absolute Gasteiger partial charge is 0.250 e. The van der Waals surface area contributed by atoms with Crippen LogP contribution in [0.3, 0.4) is 0 Å². The van der Waals surface area contributed by atoms with Crippen molar-refractivity contribution in [2.75, 3.05) is 24.2 Å². The number of piperidine rings is 1. The van der Waals surface area contributed by atoms with E-state index in [4.69, 9.17) is 23.8 Å². The van der Waals surface area contributed by atoms with Gasteiger partial charge in [-0.2, -0.15) is 0 Å². The maximum atomic E-state index is 12.4. The molecule has 1 fully saturated rings. The van der Waals surface area contributed by atoms with Crippen molar-refractivity contribution in [3.05, 3.63) is 63.0 Å². The molecule has 2 aliphatic heterocycles. The normalized spacial score (nSPS) is 20.1. The summed E-state index contributed by atoms with van der Waals surface area (Å²) in [4.78, 5) is 26.7. The fourth-order valence-electron chi connectivity index (χ4n) is 4.18. The minimum absolute atomic E-state index is 0.0792. The zero-order valence-electron chi connectivity index (χ0n) is 16.1. The lowest BCUT2D eigenvalue weighted by Gasteiger charge is -2.43. The van der Waals surface area contributed by atoms with E-state index in [9.17, 15) is 9.59 Å². The number of likely N-dealkylation sites (tertiary alicyclic amines) is 1. The number of hydrogen-bond acceptors (Lipinski definition) is 4. The van der Waals surface area contributed by atoms with Gasteiger partial charge in [0.25, 0.3) is 5.56 Å². The van der Waals surface area contributed by atoms with Crippen molar-refractivity contribution in [3.8, 4) is 0 Å². The van der Waals surface area contributed by atoms with Gasteiger partial charge < -0.3 is 14.8 Å². The van der Waals surface area contributed by atoms with E-state index in [0.717, 1.165) is 47.3 Å². The van der Waals surface area contributed by atoms with E-state index in [1.54, 1.807) is 18.2 Å². The molecule has 2 bridgehead atoms. The summed E-state index contributed by atoms with van der Waals surface area (Å²) < 4.78 is 2.65. The van der Waals surface area contributed by atoms with Crippen LogP contribution in [0.25, 0.3) is 0 Å². The van der Waals surface area contributed by atoms with E-state index >= 15 is 0 Å². The lowest BCUT2D eigenvalue weighted by Crippen LogP contribution is -2.48. The standard InChI is InChI=1S/C21H22ClN3O2S2/c1-13-5-6-16(22)8-17(13)23-19(26)12-29-21(28)24-9-14-7-15(11-24)18-3-2-4-20(27)25(18)10-14/h2-6,8,14-15H,7,9-12H2,1H3,(H,23,26). The number of amides is 1. The van der Waals surface area contributed by atoms with Crippen molar-refractivity contribution < 1.29 is 4.79 Å². The third-order valence-corrected chi connectivity index (χ3v) is 7.30. The Labute approximate surface area is 184 Å². The molecule has 29 heavy (non-hydrogen) atoms. The summed E-state index contributed by atoms with van der Waals surface area (Å²) in [6.07, 6.45) is 1.09. The highest BCUT2D eigenvalue weighted by Crippen LogP contribution is 2.36. The van der Waals surface area contributed by atoms with Crippen LogP contribution in [-0.2, 0) is 11.3 Å². The van der Waals surface area contributed by atoms with Gasteiger partial charge in [-0.25, -0.2) is 0 Å². The number of rotatable bonds is 3. The van der Waals surface area contributed by atoms with Gasteiger partial charge >= 0.3 is 0 Å². The van der Waals surface area contributed by atoms with Gasteiger partial charge in [-0.3, -0.25) is 9.59 Å². The second-order valence-corrected chi connectivity index (χ2v) is 9.71. The molecule has 5 nitrogen and oxygen atoms in total. The summed E-state index contributed by atoms with van der Waals surface area (Å²) in [6.45, 7) is 4.29. The monoisotopic (exact) mass is 447 g/mol. The Hall–Kier alpha value is -1.83. The summed E-state index contributed by atoms with van der Waals surface area (Å²) in [5.74, 6) is 0.865. The second-order valence-electron chi connectivity index (χ2n) is 7.67. The molecule has 1 amide bonds. The first kappa shape index (κ1) is 20.4. The number of benzene rings is 1. The average Bonchev–Trinajstić information content (AvgIpc) is 2.69. The predicted molar refractivity (Wildman–Crippen MR) is 123 cm³/mol. The number of nitrogens with zero attached hydrogens (tertiary/aromatic N) is 2. The summed E-state index contributed by atoms with van der Waals surface area (Å²) >= 11 is 13.0. The third-order valence-electron chi connectivity index (χ3n) is 5.54. The van der Waals surface area contributed by atoms with Gasteiger partial charge in [-0.1, -0.05) is 47.7 Å². The SMILES string of the molecule is Cc1ccc(Cl)cc1NC(=O)CSC(=S)N1CC2CC(C1)c1cccc(=O)n1C2. The van der Waals surface area contributed by atoms with Crippen molar-refractivity contribution >= 4 is 51.5 Å². The average molecular weight is 448 g/mol. The first-order valence-electron chi connectivity index (χ1n) is 9.58. The number of hydrogen-bond donors (Lipinski definition) is 1. The zero-order valence-corrected chi connectivity index (χ0v) is 18.4. The molecule has 0 spiro atoms. The number of carbonyl (C=O) groups is 1. The third kappa shape index (κ3) is 4.52. The largest absolute Gasteiger partial charge is 0.356 e. The zero-order chi connectivity index (χ0) is 20.5. The molecule has 3 heterocycles. The van der Waals surface area contributed by atoms with Crippen molar-refractivity contribution in [1.29, 1.82) is 0 Å². The van der Waals surface area contributed by atoms with Gasteiger partial charge in [0, 0.05) is 48.0 Å². The van der Waals surface area contributed by atoms with Crippen LogP contribution in [0.5, 0.6) is 0 Å². The number of halogens is 1. The molecule has 2 unspecified atom stereocenters. The molecule has 0 saturated carbocycles. The summed E-state index contributed by atoms with van der Waals surface area (Å²) in [5.41, 5.74) is 2.87. The van der Waals surface area contributed by atoms with E-state index in [1.807, 2.05) is 29.7 Å². The molecule has 2 aliphatic rings. The van der Waals surface area contributed by atoms with Crippen LogP contribution in [-0.4, -0.2) is 38.5 Å². The molecule has 0 aliphatic carbocycles. The van der Waals surface area contributed by atoms with Gasteiger partial charge in [0.15, 0.2) is 0 Å². The highest BCUT2D eigenvalue weighted by molar-refractivity contribution is 8.23. The minimum atomic E-state index is -0.100. The Bertz CT molecular complexity index is 1020. The predicted octanol–water partition coefficient (Wildman–Crippen LogP) is 3.89. The molecule has 1 aromatic heterocycles. The summed E-state index contributed by atoms with van der Waals surface area (Å²) in [5, 5.41) is 3.50. The molecule has 1 N–H and O–H groups in total. The molecule has 2 atom stereocenters. The molecule has 1 aromatic carbocycles. The Morgan fingerprint density at radius 3 is 2.93 bits per heavy atom. The van der Waals surface area contributed by atoms with Gasteiger partial charge in [-0.05, 0) is 43.0 Å². The lowest BCUT2D eigenvalue weighted by molar-refractivity contribution is -0.113.